The molecular formula is C11H18N4O. The lowest BCUT2D eigenvalue weighted by Gasteiger charge is -1.97. The SMILES string of the molecule is CC.NCC/C=N/NC(=O)c1ccncc1. The van der Waals surface area contributed by atoms with Crippen LogP contribution in [0.2, 0.25) is 0 Å². The molecule has 0 radical (unpaired) electrons. The molecule has 0 spiro atoms. The number of rotatable bonds is 4. The number of nitrogens with one attached hydrogen (secondary N) is 1. The zero-order valence-corrected chi connectivity index (χ0v) is 9.68. The van der Waals surface area contributed by atoms with E-state index >= 15 is 0 Å². The third-order valence-corrected chi connectivity index (χ3v) is 1.50. The van der Waals surface area contributed by atoms with Gasteiger partial charge in [0, 0.05) is 24.2 Å². The van der Waals surface area contributed by atoms with Crippen LogP contribution in [0.1, 0.15) is 30.6 Å². The van der Waals surface area contributed by atoms with Crippen LogP contribution in [0.3, 0.4) is 0 Å². The van der Waals surface area contributed by atoms with E-state index in [0.717, 1.165) is 0 Å². The van der Waals surface area contributed by atoms with Crippen LogP contribution in [-0.2, 0) is 0 Å². The van der Waals surface area contributed by atoms with Crippen molar-refractivity contribution in [3.63, 3.8) is 0 Å². The number of carbonyl (C=O) groups is 1. The number of pyridine rings is 1. The summed E-state index contributed by atoms with van der Waals surface area (Å²) in [6.45, 7) is 4.52. The first-order valence-corrected chi connectivity index (χ1v) is 5.26. The topological polar surface area (TPSA) is 80.4 Å². The summed E-state index contributed by atoms with van der Waals surface area (Å²) < 4.78 is 0. The van der Waals surface area contributed by atoms with E-state index in [-0.39, 0.29) is 5.91 Å². The van der Waals surface area contributed by atoms with Gasteiger partial charge in [-0.25, -0.2) is 5.43 Å². The molecular weight excluding hydrogens is 204 g/mol. The first-order chi connectivity index (χ1) is 7.84. The molecule has 0 aromatic carbocycles. The summed E-state index contributed by atoms with van der Waals surface area (Å²) in [6.07, 6.45) is 5.33. The molecule has 5 heteroatoms. The zero-order chi connectivity index (χ0) is 12.2. The maximum Gasteiger partial charge on any atom is 0.271 e. The summed E-state index contributed by atoms with van der Waals surface area (Å²) in [5.74, 6) is -0.249. The van der Waals surface area contributed by atoms with Gasteiger partial charge in [0.25, 0.3) is 5.91 Å². The maximum absolute atomic E-state index is 11.3. The number of hydrogen-bond donors (Lipinski definition) is 2. The number of nitrogens with zero attached hydrogens (tertiary/aromatic N) is 2. The van der Waals surface area contributed by atoms with Crippen molar-refractivity contribution in [2.75, 3.05) is 6.54 Å². The van der Waals surface area contributed by atoms with Gasteiger partial charge in [0.1, 0.15) is 0 Å². The van der Waals surface area contributed by atoms with E-state index in [1.165, 1.54) is 0 Å². The lowest BCUT2D eigenvalue weighted by molar-refractivity contribution is 0.0955. The highest BCUT2D eigenvalue weighted by atomic mass is 16.2. The molecule has 0 saturated carbocycles. The molecule has 88 valence electrons. The van der Waals surface area contributed by atoms with Crippen LogP contribution in [-0.4, -0.2) is 23.7 Å². The molecule has 1 rings (SSSR count). The normalized spacial score (nSPS) is 9.44. The van der Waals surface area contributed by atoms with Gasteiger partial charge in [-0.05, 0) is 25.1 Å². The van der Waals surface area contributed by atoms with Crippen LogP contribution in [0.25, 0.3) is 0 Å². The minimum absolute atomic E-state index is 0.249. The molecule has 0 bridgehead atoms. The van der Waals surface area contributed by atoms with E-state index < -0.39 is 0 Å². The molecule has 0 aliphatic rings. The van der Waals surface area contributed by atoms with Crippen molar-refractivity contribution in [2.24, 2.45) is 10.8 Å². The Morgan fingerprint density at radius 2 is 2.12 bits per heavy atom. The van der Waals surface area contributed by atoms with E-state index in [9.17, 15) is 4.79 Å². The Kier molecular flexibility index (Phi) is 8.72. The van der Waals surface area contributed by atoms with Gasteiger partial charge in [-0.3, -0.25) is 9.78 Å². The maximum atomic E-state index is 11.3. The molecule has 1 amide bonds. The van der Waals surface area contributed by atoms with Gasteiger partial charge in [-0.15, -0.1) is 0 Å². The summed E-state index contributed by atoms with van der Waals surface area (Å²) in [5, 5.41) is 3.71. The van der Waals surface area contributed by atoms with Crippen LogP contribution in [0, 0.1) is 0 Å². The monoisotopic (exact) mass is 222 g/mol. The number of carbonyl (C=O) groups excluding carboxylic acids is 1. The van der Waals surface area contributed by atoms with Crippen molar-refractivity contribution < 1.29 is 4.79 Å². The van der Waals surface area contributed by atoms with Gasteiger partial charge in [0.15, 0.2) is 0 Å². The van der Waals surface area contributed by atoms with E-state index in [1.54, 1.807) is 30.7 Å². The fourth-order valence-electron chi connectivity index (χ4n) is 0.811. The van der Waals surface area contributed by atoms with Gasteiger partial charge < -0.3 is 5.73 Å². The fraction of sp³-hybridized carbons (Fsp3) is 0.364. The Morgan fingerprint density at radius 1 is 1.50 bits per heavy atom. The second-order valence-corrected chi connectivity index (χ2v) is 2.57. The Balaban J connectivity index is 0.00000106. The highest BCUT2D eigenvalue weighted by molar-refractivity contribution is 5.94. The standard InChI is InChI=1S/C9H12N4O.C2H6/c10-4-1-5-12-13-9(14)8-2-6-11-7-3-8;1-2/h2-3,5-7H,1,4,10H2,(H,13,14);1-2H3/b12-5+;. The smallest absolute Gasteiger partial charge is 0.271 e. The highest BCUT2D eigenvalue weighted by Gasteiger charge is 2.01. The lowest BCUT2D eigenvalue weighted by Crippen LogP contribution is -2.17. The van der Waals surface area contributed by atoms with Crippen molar-refractivity contribution in [1.29, 1.82) is 0 Å². The van der Waals surface area contributed by atoms with E-state index in [1.807, 2.05) is 13.8 Å². The predicted molar refractivity (Wildman–Crippen MR) is 65.2 cm³/mol. The minimum atomic E-state index is -0.249. The van der Waals surface area contributed by atoms with E-state index in [2.05, 4.69) is 15.5 Å². The molecule has 0 fully saturated rings. The summed E-state index contributed by atoms with van der Waals surface area (Å²) in [6, 6.07) is 3.24. The third kappa shape index (κ3) is 5.87. The molecule has 0 unspecified atom stereocenters. The molecule has 0 aliphatic heterocycles. The van der Waals surface area contributed by atoms with Gasteiger partial charge >= 0.3 is 0 Å². The van der Waals surface area contributed by atoms with Crippen molar-refractivity contribution in [2.45, 2.75) is 20.3 Å². The zero-order valence-electron chi connectivity index (χ0n) is 9.68. The van der Waals surface area contributed by atoms with Crippen LogP contribution in [0.4, 0.5) is 0 Å². The number of nitrogens with two attached hydrogens (primary N) is 1. The Hall–Kier alpha value is -1.75. The Bertz CT molecular complexity index is 311. The molecule has 0 aliphatic carbocycles. The average molecular weight is 222 g/mol. The number of aromatic nitrogens is 1. The molecule has 1 aromatic rings. The minimum Gasteiger partial charge on any atom is -0.330 e. The Labute approximate surface area is 95.8 Å². The molecule has 0 saturated heterocycles. The summed E-state index contributed by atoms with van der Waals surface area (Å²) >= 11 is 0. The number of amides is 1. The first-order valence-electron chi connectivity index (χ1n) is 5.26. The third-order valence-electron chi connectivity index (χ3n) is 1.50. The average Bonchev–Trinajstić information content (AvgIpc) is 2.38. The van der Waals surface area contributed by atoms with Crippen molar-refractivity contribution >= 4 is 12.1 Å². The molecule has 0 atom stereocenters. The first kappa shape index (κ1) is 14.2. The van der Waals surface area contributed by atoms with E-state index in [4.69, 9.17) is 5.73 Å². The van der Waals surface area contributed by atoms with Gasteiger partial charge in [0.2, 0.25) is 0 Å². The quantitative estimate of drug-likeness (QED) is 0.592. The molecule has 1 aromatic heterocycles. The number of hydrogen-bond acceptors (Lipinski definition) is 4. The fourth-order valence-corrected chi connectivity index (χ4v) is 0.811. The van der Waals surface area contributed by atoms with Gasteiger partial charge in [0.05, 0.1) is 0 Å². The summed E-state index contributed by atoms with van der Waals surface area (Å²) in [7, 11) is 0. The summed E-state index contributed by atoms with van der Waals surface area (Å²) in [4.78, 5) is 15.1. The second kappa shape index (κ2) is 9.79. The number of hydrazone groups is 1. The molecule has 5 nitrogen and oxygen atoms in total. The summed E-state index contributed by atoms with van der Waals surface area (Å²) in [5.41, 5.74) is 8.16. The Morgan fingerprint density at radius 3 is 2.69 bits per heavy atom. The van der Waals surface area contributed by atoms with Gasteiger partial charge in [-0.2, -0.15) is 5.10 Å². The van der Waals surface area contributed by atoms with Gasteiger partial charge in [-0.1, -0.05) is 13.8 Å². The van der Waals surface area contributed by atoms with Crippen LogP contribution in [0.15, 0.2) is 29.6 Å². The second-order valence-electron chi connectivity index (χ2n) is 2.57. The molecule has 1 heterocycles. The van der Waals surface area contributed by atoms with Crippen molar-refractivity contribution in [3.8, 4) is 0 Å². The predicted octanol–water partition coefficient (Wildman–Crippen LogP) is 1.17. The van der Waals surface area contributed by atoms with E-state index in [0.29, 0.717) is 18.5 Å². The van der Waals surface area contributed by atoms with Crippen LogP contribution < -0.4 is 11.2 Å². The largest absolute Gasteiger partial charge is 0.330 e. The molecule has 3 N–H and O–H groups in total. The van der Waals surface area contributed by atoms with Crippen molar-refractivity contribution in [1.82, 2.24) is 10.4 Å². The van der Waals surface area contributed by atoms with Crippen LogP contribution in [0.5, 0.6) is 0 Å². The lowest BCUT2D eigenvalue weighted by atomic mass is 10.3. The molecule has 16 heavy (non-hydrogen) atoms. The van der Waals surface area contributed by atoms with Crippen LogP contribution >= 0.6 is 0 Å². The van der Waals surface area contributed by atoms with Crippen molar-refractivity contribution in [3.05, 3.63) is 30.1 Å². The highest BCUT2D eigenvalue weighted by Crippen LogP contribution is 1.94.